The summed E-state index contributed by atoms with van der Waals surface area (Å²) >= 11 is 0.990. The molecule has 1 aromatic heterocycles. The second-order valence-electron chi connectivity index (χ2n) is 4.36. The Hall–Kier alpha value is -1.09. The van der Waals surface area contributed by atoms with E-state index in [4.69, 9.17) is 5.11 Å². The van der Waals surface area contributed by atoms with Gasteiger partial charge in [-0.1, -0.05) is 13.0 Å². The number of fused-ring (bicyclic) bond motifs is 1. The van der Waals surface area contributed by atoms with E-state index in [0.29, 0.717) is 17.5 Å². The smallest absolute Gasteiger partial charge is 0.242 e. The van der Waals surface area contributed by atoms with Gasteiger partial charge in [0, 0.05) is 13.2 Å². The maximum Gasteiger partial charge on any atom is 0.242 e. The van der Waals surface area contributed by atoms with Gasteiger partial charge in [0.25, 0.3) is 0 Å². The maximum atomic E-state index is 12.2. The molecule has 0 bridgehead atoms. The largest absolute Gasteiger partial charge is 0.396 e. The molecule has 0 aliphatic rings. The van der Waals surface area contributed by atoms with Crippen LogP contribution in [0.5, 0.6) is 0 Å². The summed E-state index contributed by atoms with van der Waals surface area (Å²) in [4.78, 5) is 0.148. The van der Waals surface area contributed by atoms with Crippen molar-refractivity contribution in [1.29, 1.82) is 0 Å². The van der Waals surface area contributed by atoms with Crippen molar-refractivity contribution in [3.05, 3.63) is 18.2 Å². The van der Waals surface area contributed by atoms with Crippen LogP contribution in [-0.4, -0.2) is 35.4 Å². The molecule has 6 nitrogen and oxygen atoms in total. The summed E-state index contributed by atoms with van der Waals surface area (Å²) in [7, 11) is -3.60. The van der Waals surface area contributed by atoms with Gasteiger partial charge in [-0.15, -0.1) is 0 Å². The van der Waals surface area contributed by atoms with Crippen LogP contribution in [0.1, 0.15) is 13.3 Å². The molecule has 0 amide bonds. The number of aliphatic hydroxyl groups excluding tert-OH is 1. The fourth-order valence-corrected chi connectivity index (χ4v) is 3.58. The Morgan fingerprint density at radius 3 is 2.95 bits per heavy atom. The molecule has 1 atom stereocenters. The molecule has 1 unspecified atom stereocenters. The summed E-state index contributed by atoms with van der Waals surface area (Å²) in [6.07, 6.45) is 0.560. The first kappa shape index (κ1) is 14.3. The lowest BCUT2D eigenvalue weighted by atomic mass is 10.1. The quantitative estimate of drug-likeness (QED) is 0.830. The predicted octanol–water partition coefficient (Wildman–Crippen LogP) is 0.988. The normalized spacial score (nSPS) is 13.8. The van der Waals surface area contributed by atoms with Crippen LogP contribution in [0.4, 0.5) is 0 Å². The fraction of sp³-hybridized carbons (Fsp3) is 0.455. The highest BCUT2D eigenvalue weighted by molar-refractivity contribution is 7.89. The Balaban J connectivity index is 2.22. The van der Waals surface area contributed by atoms with Crippen LogP contribution < -0.4 is 4.72 Å². The van der Waals surface area contributed by atoms with Crippen molar-refractivity contribution >= 4 is 32.8 Å². The number of nitrogens with one attached hydrogen (secondary N) is 1. The molecule has 1 aromatic carbocycles. The minimum absolute atomic E-state index is 0.0501. The molecule has 0 saturated carbocycles. The molecule has 0 spiro atoms. The molecule has 104 valence electrons. The summed E-state index contributed by atoms with van der Waals surface area (Å²) < 4.78 is 35.0. The van der Waals surface area contributed by atoms with E-state index in [2.05, 4.69) is 13.5 Å². The zero-order valence-electron chi connectivity index (χ0n) is 10.4. The molecule has 2 N–H and O–H groups in total. The number of hydrogen-bond donors (Lipinski definition) is 2. The van der Waals surface area contributed by atoms with Gasteiger partial charge >= 0.3 is 0 Å². The van der Waals surface area contributed by atoms with Gasteiger partial charge in [-0.25, -0.2) is 13.1 Å². The van der Waals surface area contributed by atoms with Gasteiger partial charge in [-0.2, -0.15) is 8.75 Å². The fourth-order valence-electron chi connectivity index (χ4n) is 1.65. The molecule has 19 heavy (non-hydrogen) atoms. The van der Waals surface area contributed by atoms with Gasteiger partial charge < -0.3 is 5.11 Å². The first-order valence-corrected chi connectivity index (χ1v) is 8.08. The number of sulfonamides is 1. The number of aliphatic hydroxyl groups is 1. The highest BCUT2D eigenvalue weighted by Gasteiger charge is 2.19. The zero-order valence-corrected chi connectivity index (χ0v) is 12.0. The maximum absolute atomic E-state index is 12.2. The van der Waals surface area contributed by atoms with Crippen LogP contribution in [0, 0.1) is 5.92 Å². The molecular formula is C11H15N3O3S2. The molecule has 2 rings (SSSR count). The summed E-state index contributed by atoms with van der Waals surface area (Å²) in [5, 5.41) is 8.80. The van der Waals surface area contributed by atoms with Gasteiger partial charge in [-0.3, -0.25) is 0 Å². The first-order chi connectivity index (χ1) is 9.04. The molecule has 8 heteroatoms. The molecule has 0 radical (unpaired) electrons. The minimum Gasteiger partial charge on any atom is -0.396 e. The SMILES string of the molecule is CC(CCO)CNS(=O)(=O)c1cccc2nsnc12. The molecule has 1 heterocycles. The highest BCUT2D eigenvalue weighted by Crippen LogP contribution is 2.20. The van der Waals surface area contributed by atoms with Crippen LogP contribution in [0.3, 0.4) is 0 Å². The lowest BCUT2D eigenvalue weighted by Crippen LogP contribution is -2.29. The van der Waals surface area contributed by atoms with E-state index in [1.807, 2.05) is 6.92 Å². The van der Waals surface area contributed by atoms with E-state index in [1.165, 1.54) is 6.07 Å². The first-order valence-electron chi connectivity index (χ1n) is 5.86. The average molecular weight is 301 g/mol. The second kappa shape index (κ2) is 5.91. The van der Waals surface area contributed by atoms with Gasteiger partial charge in [0.15, 0.2) is 0 Å². The van der Waals surface area contributed by atoms with E-state index in [9.17, 15) is 8.42 Å². The van der Waals surface area contributed by atoms with Crippen molar-refractivity contribution in [2.75, 3.05) is 13.2 Å². The summed E-state index contributed by atoms with van der Waals surface area (Å²) in [6.45, 7) is 2.22. The zero-order chi connectivity index (χ0) is 13.9. The monoisotopic (exact) mass is 301 g/mol. The van der Waals surface area contributed by atoms with Crippen molar-refractivity contribution in [1.82, 2.24) is 13.5 Å². The minimum atomic E-state index is -3.60. The van der Waals surface area contributed by atoms with Gasteiger partial charge in [0.05, 0.1) is 11.7 Å². The molecule has 0 fully saturated rings. The second-order valence-corrected chi connectivity index (χ2v) is 6.62. The van der Waals surface area contributed by atoms with Crippen molar-refractivity contribution in [2.24, 2.45) is 5.92 Å². The molecule has 0 aliphatic carbocycles. The van der Waals surface area contributed by atoms with E-state index >= 15 is 0 Å². The summed E-state index contributed by atoms with van der Waals surface area (Å²) in [5.74, 6) is 0.0764. The summed E-state index contributed by atoms with van der Waals surface area (Å²) in [6, 6.07) is 4.89. The van der Waals surface area contributed by atoms with Crippen LogP contribution in [0.2, 0.25) is 0 Å². The number of rotatable bonds is 6. The highest BCUT2D eigenvalue weighted by atomic mass is 32.2. The van der Waals surface area contributed by atoms with Crippen molar-refractivity contribution in [3.63, 3.8) is 0 Å². The Morgan fingerprint density at radius 1 is 1.42 bits per heavy atom. The number of benzene rings is 1. The third-order valence-electron chi connectivity index (χ3n) is 2.78. The van der Waals surface area contributed by atoms with E-state index in [0.717, 1.165) is 11.7 Å². The van der Waals surface area contributed by atoms with Crippen molar-refractivity contribution in [2.45, 2.75) is 18.2 Å². The molecule has 0 aliphatic heterocycles. The predicted molar refractivity (Wildman–Crippen MR) is 73.5 cm³/mol. The number of aromatic nitrogens is 2. The lowest BCUT2D eigenvalue weighted by Gasteiger charge is -2.11. The Labute approximate surface area is 115 Å². The van der Waals surface area contributed by atoms with Gasteiger partial charge in [-0.05, 0) is 24.5 Å². The topological polar surface area (TPSA) is 92.2 Å². The number of nitrogens with zero attached hydrogens (tertiary/aromatic N) is 2. The van der Waals surface area contributed by atoms with E-state index < -0.39 is 10.0 Å². The Kier molecular flexibility index (Phi) is 4.46. The van der Waals surface area contributed by atoms with Crippen molar-refractivity contribution < 1.29 is 13.5 Å². The summed E-state index contributed by atoms with van der Waals surface area (Å²) in [5.41, 5.74) is 0.978. The van der Waals surface area contributed by atoms with Gasteiger partial charge in [0.1, 0.15) is 15.9 Å². The Bertz CT molecular complexity index is 654. The molecule has 0 saturated heterocycles. The van der Waals surface area contributed by atoms with Crippen LogP contribution >= 0.6 is 11.7 Å². The third-order valence-corrected chi connectivity index (χ3v) is 4.78. The van der Waals surface area contributed by atoms with Gasteiger partial charge in [0.2, 0.25) is 10.0 Å². The molecular weight excluding hydrogens is 286 g/mol. The standard InChI is InChI=1S/C11H15N3O3S2/c1-8(5-6-15)7-12-19(16,17)10-4-2-3-9-11(10)14-18-13-9/h2-4,8,12,15H,5-7H2,1H3. The average Bonchev–Trinajstić information content (AvgIpc) is 2.84. The molecule has 2 aromatic rings. The van der Waals surface area contributed by atoms with Crippen LogP contribution in [0.25, 0.3) is 11.0 Å². The van der Waals surface area contributed by atoms with Crippen LogP contribution in [-0.2, 0) is 10.0 Å². The Morgan fingerprint density at radius 2 is 2.21 bits per heavy atom. The van der Waals surface area contributed by atoms with E-state index in [1.54, 1.807) is 12.1 Å². The lowest BCUT2D eigenvalue weighted by molar-refractivity contribution is 0.263. The third kappa shape index (κ3) is 3.27. The van der Waals surface area contributed by atoms with Crippen LogP contribution in [0.15, 0.2) is 23.1 Å². The van der Waals surface area contributed by atoms with E-state index in [-0.39, 0.29) is 24.0 Å². The van der Waals surface area contributed by atoms with Crippen molar-refractivity contribution in [3.8, 4) is 0 Å². The number of hydrogen-bond acceptors (Lipinski definition) is 6.